The molecule has 12 N–H and O–H groups in total. The van der Waals surface area contributed by atoms with Crippen LogP contribution in [0.5, 0.6) is 0 Å². The topological polar surface area (TPSA) is 330 Å². The lowest BCUT2D eigenvalue weighted by molar-refractivity contribution is -0.137. The van der Waals surface area contributed by atoms with Crippen LogP contribution in [0.2, 0.25) is 0 Å². The summed E-state index contributed by atoms with van der Waals surface area (Å²) in [7, 11) is 0. The normalized spacial score (nSPS) is 22.4. The minimum atomic E-state index is -0.980. The fourth-order valence-corrected chi connectivity index (χ4v) is 7.67. The number of primary amides is 1. The number of unbranched alkanes of at least 4 members (excludes halogenated alkanes) is 1. The molecule has 0 saturated heterocycles. The Morgan fingerprint density at radius 2 is 1.48 bits per heavy atom. The van der Waals surface area contributed by atoms with Crippen LogP contribution in [0.3, 0.4) is 0 Å². The van der Waals surface area contributed by atoms with Gasteiger partial charge < -0.3 is 71.4 Å². The zero-order chi connectivity index (χ0) is 47.7. The van der Waals surface area contributed by atoms with Crippen LogP contribution in [0.1, 0.15) is 84.5 Å². The summed E-state index contributed by atoms with van der Waals surface area (Å²) in [6.45, 7) is 5.39. The van der Waals surface area contributed by atoms with Crippen LogP contribution < -0.4 is 33.3 Å². The molecule has 4 unspecified atom stereocenters. The molecular weight excluding hydrogens is 853 g/mol. The van der Waals surface area contributed by atoms with E-state index in [1.165, 1.54) is 17.2 Å². The molecule has 0 aromatic heterocycles. The zero-order valence-electron chi connectivity index (χ0n) is 38.0. The highest BCUT2D eigenvalue weighted by atomic mass is 16.6. The molecule has 6 amide bonds. The van der Waals surface area contributed by atoms with E-state index >= 15 is 0 Å². The van der Waals surface area contributed by atoms with Crippen molar-refractivity contribution in [1.29, 1.82) is 0 Å². The van der Waals surface area contributed by atoms with Crippen molar-refractivity contribution in [2.45, 2.75) is 121 Å². The Bertz CT molecular complexity index is 1570. The van der Waals surface area contributed by atoms with Gasteiger partial charge in [-0.15, -0.1) is 0 Å². The van der Waals surface area contributed by atoms with Crippen molar-refractivity contribution in [3.8, 4) is 0 Å². The molecule has 2 aliphatic carbocycles. The van der Waals surface area contributed by atoms with Crippen molar-refractivity contribution in [3.63, 3.8) is 0 Å². The molecule has 3 rings (SSSR count). The highest BCUT2D eigenvalue weighted by Gasteiger charge is 2.39. The number of hydrazine groups is 1. The Kier molecular flexibility index (Phi) is 25.5. The maximum absolute atomic E-state index is 13.3. The fraction of sp³-hybridized carbons (Fsp3) is 0.767. The molecule has 0 aromatic rings. The third-order valence-electron chi connectivity index (χ3n) is 11.5. The van der Waals surface area contributed by atoms with E-state index in [-0.39, 0.29) is 102 Å². The van der Waals surface area contributed by atoms with E-state index in [4.69, 9.17) is 41.0 Å². The summed E-state index contributed by atoms with van der Waals surface area (Å²) in [6, 6.07) is -2.48. The maximum Gasteiger partial charge on any atom is 0.253 e. The Hall–Kier alpha value is -4.26. The number of rotatable bonds is 31. The van der Waals surface area contributed by atoms with Gasteiger partial charge in [-0.3, -0.25) is 33.7 Å². The molecule has 22 nitrogen and oxygen atoms in total. The third kappa shape index (κ3) is 19.6. The molecule has 370 valence electrons. The van der Waals surface area contributed by atoms with Crippen molar-refractivity contribution in [3.05, 3.63) is 23.5 Å². The molecule has 0 aromatic carbocycles. The predicted molar refractivity (Wildman–Crippen MR) is 234 cm³/mol. The van der Waals surface area contributed by atoms with Gasteiger partial charge in [0.15, 0.2) is 0 Å². The van der Waals surface area contributed by atoms with Gasteiger partial charge in [-0.05, 0) is 50.9 Å². The number of allylic oxidation sites excluding steroid dienone is 1. The number of amides is 6. The number of nitrogens with zero attached hydrogens (tertiary/aromatic N) is 2. The number of imide groups is 1. The standard InChI is InChI=1S/C43H74N8O14/c1-28(2)41(42(45)59)49-43(60)30(48-36(55)13-16-61-18-20-63-22-23-64-21-19-62-17-15-50-38(57)11-12-39(50)58)8-6-7-14-47-37(56)27-65-35-10-5-3-4-9-31(40(35)44)51(46)32-24-29(26-52)33(53)25-34(32)54/h11-12,28-30,32-35,41,52-54H,3-10,13-27,44,46H2,1-2H3,(H2,45,59)(H,47,56)(H,48,55)(H,49,60)/t29-,30?,32-,33-,34?,35?,41?/m1/s1. The molecule has 1 fully saturated rings. The van der Waals surface area contributed by atoms with E-state index in [9.17, 15) is 44.1 Å². The second-order valence-corrected chi connectivity index (χ2v) is 16.8. The Balaban J connectivity index is 1.35. The predicted octanol–water partition coefficient (Wildman–Crippen LogP) is -2.05. The molecule has 1 aliphatic heterocycles. The zero-order valence-corrected chi connectivity index (χ0v) is 38.0. The first-order valence-electron chi connectivity index (χ1n) is 22.8. The van der Waals surface area contributed by atoms with Gasteiger partial charge in [0.1, 0.15) is 18.7 Å². The first kappa shape index (κ1) is 55.1. The second kappa shape index (κ2) is 30.1. The quantitative estimate of drug-likeness (QED) is 0.0156. The number of aliphatic hydroxyl groups is 3. The van der Waals surface area contributed by atoms with Gasteiger partial charge in [-0.1, -0.05) is 26.7 Å². The minimum Gasteiger partial charge on any atom is -0.398 e. The number of nitrogens with one attached hydrogen (secondary N) is 3. The highest BCUT2D eigenvalue weighted by molar-refractivity contribution is 6.12. The van der Waals surface area contributed by atoms with Crippen molar-refractivity contribution in [1.82, 2.24) is 25.9 Å². The van der Waals surface area contributed by atoms with Gasteiger partial charge in [-0.2, -0.15) is 0 Å². The van der Waals surface area contributed by atoms with Crippen molar-refractivity contribution < 1.29 is 67.8 Å². The van der Waals surface area contributed by atoms with Crippen molar-refractivity contribution in [2.75, 3.05) is 79.2 Å². The molecule has 7 atom stereocenters. The van der Waals surface area contributed by atoms with Crippen LogP contribution in [0.15, 0.2) is 23.5 Å². The third-order valence-corrected chi connectivity index (χ3v) is 11.5. The largest absolute Gasteiger partial charge is 0.398 e. The molecule has 0 radical (unpaired) electrons. The van der Waals surface area contributed by atoms with Gasteiger partial charge in [-0.25, -0.2) is 5.84 Å². The maximum atomic E-state index is 13.3. The molecule has 3 aliphatic rings. The monoisotopic (exact) mass is 927 g/mol. The molecule has 1 saturated carbocycles. The van der Waals surface area contributed by atoms with Gasteiger partial charge in [0.25, 0.3) is 11.8 Å². The molecular formula is C43H74N8O14. The molecule has 65 heavy (non-hydrogen) atoms. The average Bonchev–Trinajstić information content (AvgIpc) is 3.58. The summed E-state index contributed by atoms with van der Waals surface area (Å²) < 4.78 is 27.8. The molecule has 1 heterocycles. The number of nitrogens with two attached hydrogens (primary N) is 3. The van der Waals surface area contributed by atoms with Gasteiger partial charge in [0.05, 0.1) is 95.1 Å². The van der Waals surface area contributed by atoms with Gasteiger partial charge in [0, 0.05) is 44.1 Å². The average molecular weight is 927 g/mol. The summed E-state index contributed by atoms with van der Waals surface area (Å²) in [4.78, 5) is 75.1. The molecule has 0 spiro atoms. The van der Waals surface area contributed by atoms with E-state index in [1.807, 2.05) is 0 Å². The number of carbonyl (C=O) groups excluding carboxylic acids is 6. The first-order chi connectivity index (χ1) is 31.1. The fourth-order valence-electron chi connectivity index (χ4n) is 7.67. The second-order valence-electron chi connectivity index (χ2n) is 16.8. The highest BCUT2D eigenvalue weighted by Crippen LogP contribution is 2.32. The summed E-state index contributed by atoms with van der Waals surface area (Å²) in [5.41, 5.74) is 13.1. The van der Waals surface area contributed by atoms with E-state index in [0.717, 1.165) is 24.2 Å². The summed E-state index contributed by atoms with van der Waals surface area (Å²) >= 11 is 0. The number of hydrogen-bond acceptors (Lipinski definition) is 17. The first-order valence-corrected chi connectivity index (χ1v) is 22.8. The van der Waals surface area contributed by atoms with Crippen molar-refractivity contribution >= 4 is 35.4 Å². The van der Waals surface area contributed by atoms with Crippen LogP contribution in [0, 0.1) is 11.8 Å². The van der Waals surface area contributed by atoms with Gasteiger partial charge in [0.2, 0.25) is 23.6 Å². The summed E-state index contributed by atoms with van der Waals surface area (Å²) in [5, 5.41) is 40.3. The lowest BCUT2D eigenvalue weighted by atomic mass is 9.81. The van der Waals surface area contributed by atoms with Crippen LogP contribution in [-0.2, 0) is 52.5 Å². The van der Waals surface area contributed by atoms with E-state index in [0.29, 0.717) is 63.5 Å². The van der Waals surface area contributed by atoms with Crippen LogP contribution in [0.4, 0.5) is 0 Å². The van der Waals surface area contributed by atoms with Crippen molar-refractivity contribution in [2.24, 2.45) is 29.1 Å². The number of hydrogen-bond donors (Lipinski definition) is 9. The lowest BCUT2D eigenvalue weighted by Crippen LogP contribution is -2.54. The molecule has 0 bridgehead atoms. The number of carbonyl (C=O) groups is 6. The lowest BCUT2D eigenvalue weighted by Gasteiger charge is -2.43. The summed E-state index contributed by atoms with van der Waals surface area (Å²) in [5.74, 6) is 3.04. The van der Waals surface area contributed by atoms with Gasteiger partial charge >= 0.3 is 0 Å². The SMILES string of the molecule is CC(C)C(NC(=O)C(CCCCNC(=O)COC1CCCCCC(N(N)[C@@H]2C[C@H](CO)[C@H](O)CC2O)=C1N)NC(=O)CCOCCOCCOCCOCCN1C(=O)C=CC1=O)C(N)=O. The Morgan fingerprint density at radius 1 is 0.846 bits per heavy atom. The molecule has 22 heteroatoms. The summed E-state index contributed by atoms with van der Waals surface area (Å²) in [6.07, 6.45) is 5.18. The number of aliphatic hydroxyl groups excluding tert-OH is 3. The minimum absolute atomic E-state index is 0.0364. The van der Waals surface area contributed by atoms with Crippen LogP contribution >= 0.6 is 0 Å². The number of ether oxygens (including phenoxy) is 5. The van der Waals surface area contributed by atoms with E-state index < -0.39 is 60.1 Å². The Labute approximate surface area is 381 Å². The Morgan fingerprint density at radius 3 is 2.09 bits per heavy atom. The smallest absolute Gasteiger partial charge is 0.253 e. The van der Waals surface area contributed by atoms with Crippen LogP contribution in [0.25, 0.3) is 0 Å². The van der Waals surface area contributed by atoms with E-state index in [2.05, 4.69) is 16.0 Å². The van der Waals surface area contributed by atoms with E-state index in [1.54, 1.807) is 13.8 Å². The van der Waals surface area contributed by atoms with Crippen LogP contribution in [-0.4, -0.2) is 176 Å².